The molecule has 1 aromatic heterocycles. The van der Waals surface area contributed by atoms with Crippen LogP contribution in [0, 0.1) is 17.8 Å². The van der Waals surface area contributed by atoms with E-state index in [4.69, 9.17) is 5.73 Å². The summed E-state index contributed by atoms with van der Waals surface area (Å²) in [7, 11) is 0. The zero-order chi connectivity index (χ0) is 13.1. The number of thiophene rings is 1. The lowest BCUT2D eigenvalue weighted by Gasteiger charge is -2.41. The Bertz CT molecular complexity index is 373. The van der Waals surface area contributed by atoms with Crippen molar-refractivity contribution in [3.63, 3.8) is 0 Å². The largest absolute Gasteiger partial charge is 0.327 e. The molecule has 2 saturated carbocycles. The van der Waals surface area contributed by atoms with Crippen LogP contribution < -0.4 is 5.73 Å². The maximum Gasteiger partial charge on any atom is 0.00704 e. The number of hydrogen-bond donors (Lipinski definition) is 1. The molecular weight excluding hydrogens is 250 g/mol. The fourth-order valence-corrected chi connectivity index (χ4v) is 5.01. The van der Waals surface area contributed by atoms with E-state index in [1.165, 1.54) is 63.4 Å². The molecule has 0 aromatic carbocycles. The molecule has 3 rings (SSSR count). The summed E-state index contributed by atoms with van der Waals surface area (Å²) in [5.74, 6) is 2.87. The fraction of sp³-hybridized carbons (Fsp3) is 0.765. The van der Waals surface area contributed by atoms with Gasteiger partial charge >= 0.3 is 0 Å². The average Bonchev–Trinajstić information content (AvgIpc) is 2.97. The van der Waals surface area contributed by atoms with E-state index in [0.717, 1.165) is 17.8 Å². The van der Waals surface area contributed by atoms with Gasteiger partial charge in [0.05, 0.1) is 0 Å². The summed E-state index contributed by atoms with van der Waals surface area (Å²) >= 11 is 1.80. The number of nitrogens with two attached hydrogens (primary N) is 1. The van der Waals surface area contributed by atoms with Crippen LogP contribution in [-0.4, -0.2) is 6.04 Å². The highest BCUT2D eigenvalue weighted by Crippen LogP contribution is 2.43. The first-order chi connectivity index (χ1) is 9.33. The molecule has 4 atom stereocenters. The van der Waals surface area contributed by atoms with Crippen molar-refractivity contribution in [2.24, 2.45) is 23.5 Å². The zero-order valence-corrected chi connectivity index (χ0v) is 12.7. The molecule has 2 aliphatic carbocycles. The van der Waals surface area contributed by atoms with Gasteiger partial charge in [-0.3, -0.25) is 0 Å². The maximum atomic E-state index is 6.49. The number of aryl methyl sites for hydroxylation is 1. The summed E-state index contributed by atoms with van der Waals surface area (Å²) in [4.78, 5) is 0. The third-order valence-electron chi connectivity index (χ3n) is 5.53. The van der Waals surface area contributed by atoms with Crippen LogP contribution in [0.15, 0.2) is 16.8 Å². The van der Waals surface area contributed by atoms with Crippen molar-refractivity contribution >= 4 is 11.3 Å². The lowest BCUT2D eigenvalue weighted by Crippen LogP contribution is -2.37. The van der Waals surface area contributed by atoms with Gasteiger partial charge in [0.2, 0.25) is 0 Å². The van der Waals surface area contributed by atoms with E-state index in [1.807, 2.05) is 0 Å². The van der Waals surface area contributed by atoms with Gasteiger partial charge in [0.25, 0.3) is 0 Å². The van der Waals surface area contributed by atoms with E-state index in [9.17, 15) is 0 Å². The molecule has 4 unspecified atom stereocenters. The fourth-order valence-electron chi connectivity index (χ4n) is 4.30. The van der Waals surface area contributed by atoms with Crippen LogP contribution in [0.4, 0.5) is 0 Å². The van der Waals surface area contributed by atoms with Crippen molar-refractivity contribution in [1.82, 2.24) is 0 Å². The van der Waals surface area contributed by atoms with Crippen LogP contribution in [-0.2, 0) is 6.42 Å². The number of hydrogen-bond acceptors (Lipinski definition) is 2. The van der Waals surface area contributed by atoms with Crippen LogP contribution in [0.5, 0.6) is 0 Å². The highest BCUT2D eigenvalue weighted by molar-refractivity contribution is 7.07. The molecule has 106 valence electrons. The highest BCUT2D eigenvalue weighted by Gasteiger charge is 2.34. The lowest BCUT2D eigenvalue weighted by atomic mass is 9.66. The minimum atomic E-state index is 0.433. The van der Waals surface area contributed by atoms with Crippen molar-refractivity contribution in [2.75, 3.05) is 0 Å². The van der Waals surface area contributed by atoms with Gasteiger partial charge in [-0.25, -0.2) is 0 Å². The Morgan fingerprint density at radius 1 is 1.16 bits per heavy atom. The SMILES string of the molecule is NC(CCc1ccsc1)C1CCC2CCCCC2C1. The quantitative estimate of drug-likeness (QED) is 0.854. The van der Waals surface area contributed by atoms with E-state index in [0.29, 0.717) is 6.04 Å². The molecule has 1 heterocycles. The van der Waals surface area contributed by atoms with Gasteiger partial charge < -0.3 is 5.73 Å². The number of rotatable bonds is 4. The predicted octanol–water partition coefficient (Wildman–Crippen LogP) is 4.61. The van der Waals surface area contributed by atoms with Crippen LogP contribution in [0.1, 0.15) is 56.9 Å². The van der Waals surface area contributed by atoms with Crippen molar-refractivity contribution in [3.8, 4) is 0 Å². The second-order valence-corrected chi connectivity index (χ2v) is 7.49. The molecule has 1 nitrogen and oxygen atoms in total. The number of fused-ring (bicyclic) bond motifs is 1. The van der Waals surface area contributed by atoms with Gasteiger partial charge in [-0.15, -0.1) is 0 Å². The minimum Gasteiger partial charge on any atom is -0.327 e. The predicted molar refractivity (Wildman–Crippen MR) is 83.4 cm³/mol. The summed E-state index contributed by atoms with van der Waals surface area (Å²) in [6.07, 6.45) is 12.6. The molecular formula is C17H27NS. The smallest absolute Gasteiger partial charge is 0.00704 e. The van der Waals surface area contributed by atoms with Gasteiger partial charge in [-0.1, -0.05) is 25.7 Å². The Labute approximate surface area is 121 Å². The Morgan fingerprint density at radius 2 is 2.00 bits per heavy atom. The lowest BCUT2D eigenvalue weighted by molar-refractivity contribution is 0.115. The van der Waals surface area contributed by atoms with Crippen LogP contribution in [0.3, 0.4) is 0 Å². The molecule has 0 bridgehead atoms. The Hall–Kier alpha value is -0.340. The molecule has 0 spiro atoms. The molecule has 0 amide bonds. The molecule has 2 N–H and O–H groups in total. The van der Waals surface area contributed by atoms with Gasteiger partial charge in [0, 0.05) is 6.04 Å². The van der Waals surface area contributed by atoms with Gasteiger partial charge in [0.15, 0.2) is 0 Å². The Balaban J connectivity index is 1.48. The first-order valence-corrected chi connectivity index (χ1v) is 9.04. The van der Waals surface area contributed by atoms with E-state index in [2.05, 4.69) is 16.8 Å². The van der Waals surface area contributed by atoms with E-state index < -0.39 is 0 Å². The summed E-state index contributed by atoms with van der Waals surface area (Å²) in [5, 5.41) is 4.44. The maximum absolute atomic E-state index is 6.49. The summed E-state index contributed by atoms with van der Waals surface area (Å²) in [6, 6.07) is 2.68. The Morgan fingerprint density at radius 3 is 2.79 bits per heavy atom. The average molecular weight is 277 g/mol. The first-order valence-electron chi connectivity index (χ1n) is 8.09. The molecule has 19 heavy (non-hydrogen) atoms. The minimum absolute atomic E-state index is 0.433. The van der Waals surface area contributed by atoms with Crippen LogP contribution in [0.2, 0.25) is 0 Å². The molecule has 2 fully saturated rings. The summed E-state index contributed by atoms with van der Waals surface area (Å²) in [6.45, 7) is 0. The molecule has 0 radical (unpaired) electrons. The first kappa shape index (κ1) is 13.6. The monoisotopic (exact) mass is 277 g/mol. The topological polar surface area (TPSA) is 26.0 Å². The third-order valence-corrected chi connectivity index (χ3v) is 6.26. The van der Waals surface area contributed by atoms with Crippen molar-refractivity contribution in [1.29, 1.82) is 0 Å². The molecule has 0 aliphatic heterocycles. The van der Waals surface area contributed by atoms with Crippen molar-refractivity contribution in [2.45, 2.75) is 63.8 Å². The van der Waals surface area contributed by atoms with Crippen molar-refractivity contribution < 1.29 is 0 Å². The van der Waals surface area contributed by atoms with E-state index in [1.54, 1.807) is 11.3 Å². The van der Waals surface area contributed by atoms with Gasteiger partial charge in [-0.2, -0.15) is 11.3 Å². The molecule has 2 aliphatic rings. The van der Waals surface area contributed by atoms with Crippen LogP contribution in [0.25, 0.3) is 0 Å². The normalized spacial score (nSPS) is 32.8. The standard InChI is InChI=1S/C17H27NS/c18-17(8-5-13-9-10-19-12-13)16-7-6-14-3-1-2-4-15(14)11-16/h9-10,12,14-17H,1-8,11,18H2. The zero-order valence-electron chi connectivity index (χ0n) is 11.9. The third kappa shape index (κ3) is 3.41. The molecule has 0 saturated heterocycles. The van der Waals surface area contributed by atoms with Crippen LogP contribution >= 0.6 is 11.3 Å². The van der Waals surface area contributed by atoms with Gasteiger partial charge in [-0.05, 0) is 72.2 Å². The van der Waals surface area contributed by atoms with Crippen molar-refractivity contribution in [3.05, 3.63) is 22.4 Å². The highest BCUT2D eigenvalue weighted by atomic mass is 32.1. The van der Waals surface area contributed by atoms with E-state index in [-0.39, 0.29) is 0 Å². The summed E-state index contributed by atoms with van der Waals surface area (Å²) in [5.41, 5.74) is 7.97. The summed E-state index contributed by atoms with van der Waals surface area (Å²) < 4.78 is 0. The molecule has 2 heteroatoms. The Kier molecular flexibility index (Phi) is 4.60. The second kappa shape index (κ2) is 6.41. The second-order valence-electron chi connectivity index (χ2n) is 6.71. The van der Waals surface area contributed by atoms with E-state index >= 15 is 0 Å². The molecule has 1 aromatic rings. The van der Waals surface area contributed by atoms with Gasteiger partial charge in [0.1, 0.15) is 0 Å².